The van der Waals surface area contributed by atoms with Crippen LogP contribution in [0.15, 0.2) is 42.5 Å². The number of halogens is 2. The van der Waals surface area contributed by atoms with Crippen LogP contribution in [0.1, 0.15) is 18.5 Å². The molecule has 8 heteroatoms. The number of carbonyl (C=O) groups excluding carboxylic acids is 1. The Morgan fingerprint density at radius 3 is 2.61 bits per heavy atom. The third-order valence-corrected chi connectivity index (χ3v) is 4.76. The Morgan fingerprint density at radius 2 is 1.96 bits per heavy atom. The highest BCUT2D eigenvalue weighted by atomic mass is 79.9. The first-order valence-corrected chi connectivity index (χ1v) is 8.39. The maximum Gasteiger partial charge on any atom is 0.407 e. The predicted molar refractivity (Wildman–Crippen MR) is 94.4 cm³/mol. The van der Waals surface area contributed by atoms with Gasteiger partial charge in [0.25, 0.3) is 0 Å². The van der Waals surface area contributed by atoms with E-state index in [0.29, 0.717) is 5.56 Å². The predicted octanol–water partition coefficient (Wildman–Crippen LogP) is 4.35. The summed E-state index contributed by atoms with van der Waals surface area (Å²) in [5.74, 6) is 0. The fraction of sp³-hybridized carbons (Fsp3) is 0.267. The standard InChI is InChI=1S/C15H14Br2N2O4/c1-2-23-14(20)18-13(15(16,17)19(21)22)12-9-5-7-10-6-3-4-8-11(10)12/h3-9,13H,2H2,1H3,(H,18,20). The van der Waals surface area contributed by atoms with E-state index in [2.05, 4.69) is 37.2 Å². The molecule has 0 saturated carbocycles. The van der Waals surface area contributed by atoms with Crippen molar-refractivity contribution in [3.8, 4) is 0 Å². The number of amides is 1. The van der Waals surface area contributed by atoms with Crippen molar-refractivity contribution in [2.24, 2.45) is 0 Å². The average molecular weight is 446 g/mol. The fourth-order valence-electron chi connectivity index (χ4n) is 2.25. The van der Waals surface area contributed by atoms with Gasteiger partial charge in [0.05, 0.1) is 11.5 Å². The van der Waals surface area contributed by atoms with Gasteiger partial charge in [-0.25, -0.2) is 4.79 Å². The van der Waals surface area contributed by atoms with Crippen LogP contribution in [0.2, 0.25) is 0 Å². The van der Waals surface area contributed by atoms with Crippen molar-refractivity contribution < 1.29 is 14.5 Å². The van der Waals surface area contributed by atoms with Gasteiger partial charge in [-0.1, -0.05) is 42.5 Å². The van der Waals surface area contributed by atoms with Gasteiger partial charge >= 0.3 is 9.45 Å². The number of carbonyl (C=O) groups is 1. The number of ether oxygens (including phenoxy) is 1. The zero-order valence-electron chi connectivity index (χ0n) is 12.2. The van der Waals surface area contributed by atoms with Crippen LogP contribution in [0.25, 0.3) is 10.8 Å². The van der Waals surface area contributed by atoms with Crippen molar-refractivity contribution in [2.75, 3.05) is 6.61 Å². The molecular weight excluding hydrogens is 432 g/mol. The van der Waals surface area contributed by atoms with Gasteiger partial charge in [0.2, 0.25) is 0 Å². The molecule has 122 valence electrons. The second kappa shape index (κ2) is 7.27. The number of hydrogen-bond donors (Lipinski definition) is 1. The molecule has 1 atom stereocenters. The van der Waals surface area contributed by atoms with Gasteiger partial charge in [-0.2, -0.15) is 0 Å². The minimum absolute atomic E-state index is 0.171. The molecule has 0 radical (unpaired) electrons. The first-order valence-electron chi connectivity index (χ1n) is 6.81. The highest BCUT2D eigenvalue weighted by Gasteiger charge is 2.48. The molecule has 2 aromatic rings. The highest BCUT2D eigenvalue weighted by Crippen LogP contribution is 2.42. The molecule has 2 rings (SSSR count). The number of fused-ring (bicyclic) bond motifs is 1. The minimum atomic E-state index is -1.77. The molecule has 0 fully saturated rings. The van der Waals surface area contributed by atoms with E-state index in [0.717, 1.165) is 10.8 Å². The first kappa shape index (κ1) is 17.7. The lowest BCUT2D eigenvalue weighted by molar-refractivity contribution is -0.509. The Kier molecular flexibility index (Phi) is 5.59. The summed E-state index contributed by atoms with van der Waals surface area (Å²) < 4.78 is 3.10. The van der Waals surface area contributed by atoms with Crippen molar-refractivity contribution in [1.82, 2.24) is 5.32 Å². The molecule has 23 heavy (non-hydrogen) atoms. The second-order valence-corrected chi connectivity index (χ2v) is 8.19. The van der Waals surface area contributed by atoms with Crippen LogP contribution in [-0.2, 0) is 4.74 Å². The third-order valence-electron chi connectivity index (χ3n) is 3.26. The molecule has 0 aliphatic rings. The van der Waals surface area contributed by atoms with Crippen molar-refractivity contribution >= 4 is 48.7 Å². The number of rotatable bonds is 5. The smallest absolute Gasteiger partial charge is 0.407 e. The summed E-state index contributed by atoms with van der Waals surface area (Å²) in [6, 6.07) is 11.9. The molecule has 0 aliphatic carbocycles. The Morgan fingerprint density at radius 1 is 1.30 bits per heavy atom. The molecule has 0 heterocycles. The van der Waals surface area contributed by atoms with Crippen LogP contribution in [0.4, 0.5) is 4.79 Å². The first-order chi connectivity index (χ1) is 10.9. The lowest BCUT2D eigenvalue weighted by Crippen LogP contribution is -2.43. The van der Waals surface area contributed by atoms with Gasteiger partial charge in [0, 0.05) is 31.9 Å². The van der Waals surface area contributed by atoms with E-state index >= 15 is 0 Å². The SMILES string of the molecule is CCOC(=O)NC(c1cccc2ccccc12)C(Br)(Br)[N+](=O)[O-]. The lowest BCUT2D eigenvalue weighted by atomic mass is 9.98. The average Bonchev–Trinajstić information content (AvgIpc) is 2.52. The molecule has 0 spiro atoms. The Labute approximate surface area is 149 Å². The van der Waals surface area contributed by atoms with E-state index in [1.807, 2.05) is 30.3 Å². The normalized spacial score (nSPS) is 12.7. The minimum Gasteiger partial charge on any atom is -0.450 e. The van der Waals surface area contributed by atoms with Crippen LogP contribution in [0.3, 0.4) is 0 Å². The molecule has 0 saturated heterocycles. The maximum absolute atomic E-state index is 11.8. The zero-order valence-corrected chi connectivity index (χ0v) is 15.3. The summed E-state index contributed by atoms with van der Waals surface area (Å²) in [4.78, 5) is 22.7. The summed E-state index contributed by atoms with van der Waals surface area (Å²) in [6.45, 7) is 1.83. The van der Waals surface area contributed by atoms with Gasteiger partial charge in [0.15, 0.2) is 0 Å². The summed E-state index contributed by atoms with van der Waals surface area (Å²) in [7, 11) is 0. The summed E-state index contributed by atoms with van der Waals surface area (Å²) in [5, 5.41) is 15.7. The molecule has 2 aromatic carbocycles. The number of alkyl halides is 2. The number of nitrogens with zero attached hydrogens (tertiary/aromatic N) is 1. The number of nitro groups is 1. The van der Waals surface area contributed by atoms with E-state index in [4.69, 9.17) is 4.74 Å². The lowest BCUT2D eigenvalue weighted by Gasteiger charge is -2.25. The van der Waals surface area contributed by atoms with E-state index in [-0.39, 0.29) is 6.61 Å². The molecule has 6 nitrogen and oxygen atoms in total. The number of hydrogen-bond acceptors (Lipinski definition) is 4. The number of benzene rings is 2. The second-order valence-electron chi connectivity index (χ2n) is 4.71. The summed E-state index contributed by atoms with van der Waals surface area (Å²) in [5.41, 5.74) is 0.599. The van der Waals surface area contributed by atoms with Gasteiger partial charge in [0.1, 0.15) is 6.04 Å². The van der Waals surface area contributed by atoms with Gasteiger partial charge in [-0.3, -0.25) is 10.1 Å². The van der Waals surface area contributed by atoms with Gasteiger partial charge < -0.3 is 10.1 Å². The van der Waals surface area contributed by atoms with E-state index < -0.39 is 20.4 Å². The zero-order chi connectivity index (χ0) is 17.0. The largest absolute Gasteiger partial charge is 0.450 e. The molecule has 0 bridgehead atoms. The van der Waals surface area contributed by atoms with Crippen LogP contribution in [0, 0.1) is 10.1 Å². The Balaban J connectivity index is 2.55. The number of nitrogens with one attached hydrogen (secondary N) is 1. The monoisotopic (exact) mass is 444 g/mol. The van der Waals surface area contributed by atoms with E-state index in [9.17, 15) is 14.9 Å². The summed E-state index contributed by atoms with van der Waals surface area (Å²) >= 11 is 6.12. The van der Waals surface area contributed by atoms with Crippen molar-refractivity contribution in [3.63, 3.8) is 0 Å². The van der Waals surface area contributed by atoms with Crippen LogP contribution < -0.4 is 5.32 Å². The molecule has 1 N–H and O–H groups in total. The van der Waals surface area contributed by atoms with E-state index in [1.165, 1.54) is 0 Å². The van der Waals surface area contributed by atoms with Crippen molar-refractivity contribution in [1.29, 1.82) is 0 Å². The topological polar surface area (TPSA) is 81.5 Å². The van der Waals surface area contributed by atoms with Gasteiger partial charge in [-0.15, -0.1) is 0 Å². The third kappa shape index (κ3) is 3.81. The quantitative estimate of drug-likeness (QED) is 0.321. The van der Waals surface area contributed by atoms with Crippen LogP contribution >= 0.6 is 31.9 Å². The highest BCUT2D eigenvalue weighted by molar-refractivity contribution is 9.25. The number of alkyl carbamates (subject to hydrolysis) is 1. The van der Waals surface area contributed by atoms with E-state index in [1.54, 1.807) is 19.1 Å². The van der Waals surface area contributed by atoms with Crippen LogP contribution in [-0.4, -0.2) is 21.0 Å². The fourth-order valence-corrected chi connectivity index (χ4v) is 2.97. The summed E-state index contributed by atoms with van der Waals surface area (Å²) in [6.07, 6.45) is -0.726. The van der Waals surface area contributed by atoms with Crippen LogP contribution in [0.5, 0.6) is 0 Å². The Bertz CT molecular complexity index is 731. The van der Waals surface area contributed by atoms with Gasteiger partial charge in [-0.05, 0) is 23.3 Å². The molecule has 0 aliphatic heterocycles. The Hall–Kier alpha value is -1.67. The molecule has 0 aromatic heterocycles. The molecular formula is C15H14Br2N2O4. The van der Waals surface area contributed by atoms with Crippen molar-refractivity contribution in [3.05, 3.63) is 58.1 Å². The van der Waals surface area contributed by atoms with Crippen molar-refractivity contribution in [2.45, 2.75) is 16.3 Å². The molecule has 1 amide bonds. The molecule has 1 unspecified atom stereocenters. The maximum atomic E-state index is 11.8.